The van der Waals surface area contributed by atoms with E-state index in [0.717, 1.165) is 24.3 Å². The zero-order valence-electron chi connectivity index (χ0n) is 11.1. The van der Waals surface area contributed by atoms with Crippen LogP contribution in [0.1, 0.15) is 18.9 Å². The highest BCUT2D eigenvalue weighted by atomic mass is 16.3. The summed E-state index contributed by atoms with van der Waals surface area (Å²) in [4.78, 5) is 10.5. The maximum absolute atomic E-state index is 9.04. The van der Waals surface area contributed by atoms with Crippen LogP contribution >= 0.6 is 0 Å². The molecule has 6 nitrogen and oxygen atoms in total. The van der Waals surface area contributed by atoms with Crippen LogP contribution in [-0.2, 0) is 0 Å². The van der Waals surface area contributed by atoms with Crippen LogP contribution in [0.3, 0.4) is 0 Å². The van der Waals surface area contributed by atoms with Crippen molar-refractivity contribution in [2.24, 2.45) is 0 Å². The van der Waals surface area contributed by atoms with Gasteiger partial charge in [0.25, 0.3) is 0 Å². The van der Waals surface area contributed by atoms with E-state index in [1.54, 1.807) is 6.20 Å². The van der Waals surface area contributed by atoms with E-state index in [4.69, 9.17) is 10.2 Å². The number of rotatable bonds is 8. The van der Waals surface area contributed by atoms with Gasteiger partial charge in [-0.3, -0.25) is 0 Å². The van der Waals surface area contributed by atoms with Crippen LogP contribution in [-0.4, -0.2) is 53.0 Å². The van der Waals surface area contributed by atoms with Crippen LogP contribution in [0.5, 0.6) is 0 Å². The number of hydrogen-bond acceptors (Lipinski definition) is 6. The molecule has 3 N–H and O–H groups in total. The van der Waals surface area contributed by atoms with Crippen molar-refractivity contribution >= 4 is 11.8 Å². The molecule has 1 aromatic rings. The quantitative estimate of drug-likeness (QED) is 0.623. The molecular formula is C12H22N4O2. The Morgan fingerprint density at radius 3 is 2.50 bits per heavy atom. The van der Waals surface area contributed by atoms with Crippen molar-refractivity contribution in [3.63, 3.8) is 0 Å². The van der Waals surface area contributed by atoms with Gasteiger partial charge in [-0.2, -0.15) is 4.98 Å². The average molecular weight is 254 g/mol. The van der Waals surface area contributed by atoms with Gasteiger partial charge in [0.05, 0.1) is 13.2 Å². The molecule has 1 rings (SSSR count). The molecule has 0 aliphatic heterocycles. The highest BCUT2D eigenvalue weighted by Gasteiger charge is 2.11. The minimum atomic E-state index is 0.0289. The third-order valence-corrected chi connectivity index (χ3v) is 2.52. The third-order valence-electron chi connectivity index (χ3n) is 2.52. The second-order valence-corrected chi connectivity index (χ2v) is 4.06. The van der Waals surface area contributed by atoms with E-state index in [0.29, 0.717) is 19.0 Å². The SMILES string of the molecule is CCCNc1ncc(C)c(N(CCO)CCO)n1. The van der Waals surface area contributed by atoms with Gasteiger partial charge in [0, 0.05) is 31.4 Å². The Kier molecular flexibility index (Phi) is 6.38. The standard InChI is InChI=1S/C12H22N4O2/c1-3-4-13-12-14-9-10(2)11(15-12)16(5-7-17)6-8-18/h9,17-18H,3-8H2,1-2H3,(H,13,14,15). The molecule has 0 fully saturated rings. The van der Waals surface area contributed by atoms with E-state index in [1.165, 1.54) is 0 Å². The number of aliphatic hydroxyl groups is 2. The molecule has 0 saturated carbocycles. The van der Waals surface area contributed by atoms with Gasteiger partial charge in [-0.25, -0.2) is 4.98 Å². The Bertz CT molecular complexity index is 354. The lowest BCUT2D eigenvalue weighted by Crippen LogP contribution is -2.31. The monoisotopic (exact) mass is 254 g/mol. The molecule has 0 amide bonds. The molecule has 0 aliphatic rings. The Morgan fingerprint density at radius 1 is 1.28 bits per heavy atom. The summed E-state index contributed by atoms with van der Waals surface area (Å²) in [5.74, 6) is 1.34. The molecule has 1 heterocycles. The summed E-state index contributed by atoms with van der Waals surface area (Å²) in [5.41, 5.74) is 0.930. The average Bonchev–Trinajstić information content (AvgIpc) is 2.37. The second kappa shape index (κ2) is 7.84. The summed E-state index contributed by atoms with van der Waals surface area (Å²) in [6, 6.07) is 0. The topological polar surface area (TPSA) is 81.5 Å². The lowest BCUT2D eigenvalue weighted by atomic mass is 10.3. The lowest BCUT2D eigenvalue weighted by Gasteiger charge is -2.23. The number of aromatic nitrogens is 2. The minimum absolute atomic E-state index is 0.0289. The van der Waals surface area contributed by atoms with E-state index < -0.39 is 0 Å². The second-order valence-electron chi connectivity index (χ2n) is 4.06. The fraction of sp³-hybridized carbons (Fsp3) is 0.667. The number of aliphatic hydroxyl groups excluding tert-OH is 2. The molecule has 102 valence electrons. The molecule has 0 unspecified atom stereocenters. The van der Waals surface area contributed by atoms with Crippen LogP contribution < -0.4 is 10.2 Å². The third kappa shape index (κ3) is 4.12. The Labute approximate surface area is 108 Å². The molecule has 0 aromatic carbocycles. The number of nitrogens with one attached hydrogen (secondary N) is 1. The summed E-state index contributed by atoms with van der Waals surface area (Å²) in [6.45, 7) is 5.77. The molecule has 1 aromatic heterocycles. The molecule has 0 radical (unpaired) electrons. The van der Waals surface area contributed by atoms with Crippen LogP contribution in [0.4, 0.5) is 11.8 Å². The number of nitrogens with zero attached hydrogens (tertiary/aromatic N) is 3. The summed E-state index contributed by atoms with van der Waals surface area (Å²) in [7, 11) is 0. The van der Waals surface area contributed by atoms with E-state index in [-0.39, 0.29) is 13.2 Å². The van der Waals surface area contributed by atoms with Gasteiger partial charge in [-0.1, -0.05) is 6.92 Å². The van der Waals surface area contributed by atoms with Crippen molar-refractivity contribution in [1.29, 1.82) is 0 Å². The van der Waals surface area contributed by atoms with Gasteiger partial charge in [-0.05, 0) is 13.3 Å². The first-order valence-corrected chi connectivity index (χ1v) is 6.27. The maximum Gasteiger partial charge on any atom is 0.224 e. The van der Waals surface area contributed by atoms with Gasteiger partial charge >= 0.3 is 0 Å². The highest BCUT2D eigenvalue weighted by Crippen LogP contribution is 2.17. The molecular weight excluding hydrogens is 232 g/mol. The lowest BCUT2D eigenvalue weighted by molar-refractivity contribution is 0.280. The largest absolute Gasteiger partial charge is 0.395 e. The van der Waals surface area contributed by atoms with Crippen molar-refractivity contribution in [2.45, 2.75) is 20.3 Å². The molecule has 0 spiro atoms. The number of hydrogen-bond donors (Lipinski definition) is 3. The molecule has 6 heteroatoms. The first-order valence-electron chi connectivity index (χ1n) is 6.27. The van der Waals surface area contributed by atoms with Crippen molar-refractivity contribution in [3.05, 3.63) is 11.8 Å². The van der Waals surface area contributed by atoms with Gasteiger partial charge in [0.2, 0.25) is 5.95 Å². The Hall–Kier alpha value is -1.40. The summed E-state index contributed by atoms with van der Waals surface area (Å²) >= 11 is 0. The van der Waals surface area contributed by atoms with Crippen LogP contribution in [0, 0.1) is 6.92 Å². The number of aryl methyl sites for hydroxylation is 1. The first kappa shape index (κ1) is 14.7. The van der Waals surface area contributed by atoms with E-state index in [2.05, 4.69) is 22.2 Å². The fourth-order valence-electron chi connectivity index (χ4n) is 1.64. The van der Waals surface area contributed by atoms with Gasteiger partial charge in [-0.15, -0.1) is 0 Å². The summed E-state index contributed by atoms with van der Waals surface area (Å²) < 4.78 is 0. The smallest absolute Gasteiger partial charge is 0.224 e. The van der Waals surface area contributed by atoms with E-state index >= 15 is 0 Å². The Morgan fingerprint density at radius 2 is 1.94 bits per heavy atom. The van der Waals surface area contributed by atoms with Crippen molar-refractivity contribution in [1.82, 2.24) is 9.97 Å². The van der Waals surface area contributed by atoms with Crippen LogP contribution in [0.25, 0.3) is 0 Å². The van der Waals surface area contributed by atoms with Crippen molar-refractivity contribution in [3.8, 4) is 0 Å². The molecule has 18 heavy (non-hydrogen) atoms. The van der Waals surface area contributed by atoms with Crippen molar-refractivity contribution in [2.75, 3.05) is 43.1 Å². The molecule has 0 saturated heterocycles. The van der Waals surface area contributed by atoms with Gasteiger partial charge in [0.15, 0.2) is 0 Å². The first-order chi connectivity index (χ1) is 8.72. The number of anilines is 2. The molecule has 0 aliphatic carbocycles. The molecule has 0 bridgehead atoms. The summed E-state index contributed by atoms with van der Waals surface area (Å²) in [6.07, 6.45) is 2.76. The zero-order valence-corrected chi connectivity index (χ0v) is 11.1. The van der Waals surface area contributed by atoms with Gasteiger partial charge in [0.1, 0.15) is 5.82 Å². The fourth-order valence-corrected chi connectivity index (χ4v) is 1.64. The molecule has 0 atom stereocenters. The van der Waals surface area contributed by atoms with Gasteiger partial charge < -0.3 is 20.4 Å². The van der Waals surface area contributed by atoms with Crippen LogP contribution in [0.2, 0.25) is 0 Å². The van der Waals surface area contributed by atoms with E-state index in [1.807, 2.05) is 11.8 Å². The van der Waals surface area contributed by atoms with E-state index in [9.17, 15) is 0 Å². The van der Waals surface area contributed by atoms with Crippen LogP contribution in [0.15, 0.2) is 6.20 Å². The minimum Gasteiger partial charge on any atom is -0.395 e. The normalized spacial score (nSPS) is 10.4. The summed E-state index contributed by atoms with van der Waals surface area (Å²) in [5, 5.41) is 21.2. The Balaban J connectivity index is 2.88. The highest BCUT2D eigenvalue weighted by molar-refractivity contribution is 5.48. The predicted octanol–water partition coefficient (Wildman–Crippen LogP) is 0.398. The predicted molar refractivity (Wildman–Crippen MR) is 71.9 cm³/mol. The van der Waals surface area contributed by atoms with Crippen molar-refractivity contribution < 1.29 is 10.2 Å². The zero-order chi connectivity index (χ0) is 13.4. The maximum atomic E-state index is 9.04.